The van der Waals surface area contributed by atoms with E-state index in [1.54, 1.807) is 18.5 Å². The van der Waals surface area contributed by atoms with Gasteiger partial charge in [0.25, 0.3) is 11.8 Å². The number of nitrogens with two attached hydrogens (primary N) is 1. The Morgan fingerprint density at radius 2 is 2.10 bits per heavy atom. The van der Waals surface area contributed by atoms with E-state index < -0.39 is 0 Å². The molecule has 1 aliphatic rings. The van der Waals surface area contributed by atoms with E-state index in [9.17, 15) is 9.59 Å². The Kier molecular flexibility index (Phi) is 5.40. The van der Waals surface area contributed by atoms with Crippen LogP contribution < -0.4 is 16.0 Å². The first kappa shape index (κ1) is 19.5. The smallest absolute Gasteiger partial charge is 0.253 e. The average molecular weight is 402 g/mol. The van der Waals surface area contributed by atoms with Crippen LogP contribution in [0.25, 0.3) is 22.5 Å². The molecule has 0 aromatic carbocycles. The van der Waals surface area contributed by atoms with E-state index >= 15 is 0 Å². The first-order valence-corrected chi connectivity index (χ1v) is 9.67. The highest BCUT2D eigenvalue weighted by atomic mass is 16.2. The number of carbonyl (C=O) groups is 2. The first-order valence-electron chi connectivity index (χ1n) is 9.67. The van der Waals surface area contributed by atoms with E-state index in [1.165, 1.54) is 11.0 Å². The van der Waals surface area contributed by atoms with Gasteiger partial charge in [-0.05, 0) is 36.4 Å². The van der Waals surface area contributed by atoms with Crippen molar-refractivity contribution in [2.24, 2.45) is 5.73 Å². The van der Waals surface area contributed by atoms with Crippen LogP contribution in [0.4, 0.5) is 5.82 Å². The van der Waals surface area contributed by atoms with Crippen LogP contribution in [0.3, 0.4) is 0 Å². The van der Waals surface area contributed by atoms with Crippen molar-refractivity contribution in [1.29, 1.82) is 0 Å². The van der Waals surface area contributed by atoms with E-state index in [2.05, 4.69) is 26.8 Å². The van der Waals surface area contributed by atoms with E-state index in [0.29, 0.717) is 31.0 Å². The number of hydrogen-bond acceptors (Lipinski definition) is 5. The summed E-state index contributed by atoms with van der Waals surface area (Å²) in [6, 6.07) is 9.33. The molecule has 0 aliphatic carbocycles. The van der Waals surface area contributed by atoms with Crippen LogP contribution in [-0.4, -0.2) is 46.4 Å². The van der Waals surface area contributed by atoms with Gasteiger partial charge in [-0.2, -0.15) is 0 Å². The highest BCUT2D eigenvalue weighted by molar-refractivity contribution is 6.00. The monoisotopic (exact) mass is 402 g/mol. The number of nitrogens with one attached hydrogen (secondary N) is 2. The van der Waals surface area contributed by atoms with Crippen molar-refractivity contribution in [2.45, 2.75) is 6.42 Å². The van der Waals surface area contributed by atoms with E-state index in [-0.39, 0.29) is 11.8 Å². The van der Waals surface area contributed by atoms with Gasteiger partial charge in [0.05, 0.1) is 11.3 Å². The Labute approximate surface area is 173 Å². The van der Waals surface area contributed by atoms with Crippen molar-refractivity contribution in [3.8, 4) is 22.5 Å². The molecule has 0 unspecified atom stereocenters. The summed E-state index contributed by atoms with van der Waals surface area (Å²) in [6.45, 7) is 4.85. The molecule has 0 saturated carbocycles. The number of nitrogens with zero attached hydrogens (tertiary/aromatic N) is 3. The molecule has 1 aliphatic heterocycles. The van der Waals surface area contributed by atoms with Crippen molar-refractivity contribution in [3.05, 3.63) is 66.6 Å². The van der Waals surface area contributed by atoms with Gasteiger partial charge >= 0.3 is 0 Å². The molecular formula is C22H22N6O2. The second-order valence-electron chi connectivity index (χ2n) is 6.90. The second kappa shape index (κ2) is 8.30. The molecule has 0 radical (unpaired) electrons. The minimum atomic E-state index is -0.249. The summed E-state index contributed by atoms with van der Waals surface area (Å²) in [5.41, 5.74) is 10.6. The SMILES string of the molecule is C=CC(=O)N(CCN)c1ccc(-c2cc(-c3cc4c([nH]3)CCNC4=O)ccn2)cn1. The standard InChI is InChI=1S/C22H22N6O2/c1-2-21(29)28(10-7-23)20-4-3-15(13-26-20)18-11-14(5-8-24-18)19-12-16-17(27-19)6-9-25-22(16)30/h2-5,8,11-13,27H,1,6-7,9-10,23H2,(H,25,30). The molecule has 0 fully saturated rings. The normalized spacial score (nSPS) is 12.8. The van der Waals surface area contributed by atoms with Gasteiger partial charge in [-0.1, -0.05) is 6.58 Å². The lowest BCUT2D eigenvalue weighted by Gasteiger charge is -2.19. The Balaban J connectivity index is 1.62. The van der Waals surface area contributed by atoms with E-state index in [1.807, 2.05) is 24.3 Å². The quantitative estimate of drug-likeness (QED) is 0.545. The summed E-state index contributed by atoms with van der Waals surface area (Å²) in [5.74, 6) is 0.206. The first-order chi connectivity index (χ1) is 14.6. The Bertz CT molecular complexity index is 1100. The summed E-state index contributed by atoms with van der Waals surface area (Å²) >= 11 is 0. The van der Waals surface area contributed by atoms with Crippen LogP contribution in [0, 0.1) is 0 Å². The summed E-state index contributed by atoms with van der Waals surface area (Å²) in [4.78, 5) is 37.7. The number of aromatic amines is 1. The zero-order valence-corrected chi connectivity index (χ0v) is 16.4. The molecule has 4 heterocycles. The summed E-state index contributed by atoms with van der Waals surface area (Å²) in [7, 11) is 0. The van der Waals surface area contributed by atoms with Crippen molar-refractivity contribution in [1.82, 2.24) is 20.3 Å². The van der Waals surface area contributed by atoms with Gasteiger partial charge in [0.2, 0.25) is 0 Å². The molecule has 3 aromatic rings. The van der Waals surface area contributed by atoms with Gasteiger partial charge in [-0.3, -0.25) is 19.5 Å². The molecule has 8 heteroatoms. The van der Waals surface area contributed by atoms with Crippen LogP contribution >= 0.6 is 0 Å². The zero-order chi connectivity index (χ0) is 21.1. The Hall–Kier alpha value is -3.78. The number of carbonyl (C=O) groups excluding carboxylic acids is 2. The van der Waals surface area contributed by atoms with Gasteiger partial charge in [-0.25, -0.2) is 4.98 Å². The van der Waals surface area contributed by atoms with Crippen LogP contribution in [0.1, 0.15) is 16.1 Å². The largest absolute Gasteiger partial charge is 0.358 e. The van der Waals surface area contributed by atoms with Crippen LogP contribution in [0.5, 0.6) is 0 Å². The number of anilines is 1. The van der Waals surface area contributed by atoms with Gasteiger partial charge < -0.3 is 16.0 Å². The highest BCUT2D eigenvalue weighted by Gasteiger charge is 2.20. The summed E-state index contributed by atoms with van der Waals surface area (Å²) in [6.07, 6.45) is 5.43. The lowest BCUT2D eigenvalue weighted by Crippen LogP contribution is -2.34. The number of H-pyrrole nitrogens is 1. The molecule has 3 aromatic heterocycles. The molecule has 8 nitrogen and oxygen atoms in total. The maximum absolute atomic E-state index is 12.0. The number of fused-ring (bicyclic) bond motifs is 1. The van der Waals surface area contributed by atoms with Crippen LogP contribution in [0.2, 0.25) is 0 Å². The Morgan fingerprint density at radius 3 is 2.80 bits per heavy atom. The van der Waals surface area contributed by atoms with Gasteiger partial charge in [-0.15, -0.1) is 0 Å². The fourth-order valence-corrected chi connectivity index (χ4v) is 3.48. The molecule has 30 heavy (non-hydrogen) atoms. The molecule has 4 N–H and O–H groups in total. The minimum Gasteiger partial charge on any atom is -0.358 e. The highest BCUT2D eigenvalue weighted by Crippen LogP contribution is 2.27. The topological polar surface area (TPSA) is 117 Å². The molecule has 0 bridgehead atoms. The third kappa shape index (κ3) is 3.72. The third-order valence-corrected chi connectivity index (χ3v) is 4.99. The third-order valence-electron chi connectivity index (χ3n) is 4.99. The molecule has 152 valence electrons. The average Bonchev–Trinajstić information content (AvgIpc) is 3.23. The molecule has 0 saturated heterocycles. The van der Waals surface area contributed by atoms with Gasteiger partial charge in [0.1, 0.15) is 5.82 Å². The predicted octanol–water partition coefficient (Wildman–Crippen LogP) is 1.90. The Morgan fingerprint density at radius 1 is 1.23 bits per heavy atom. The molecular weight excluding hydrogens is 380 g/mol. The van der Waals surface area contributed by atoms with E-state index in [4.69, 9.17) is 5.73 Å². The van der Waals surface area contributed by atoms with Crippen LogP contribution in [0.15, 0.2) is 55.4 Å². The van der Waals surface area contributed by atoms with Gasteiger partial charge in [0.15, 0.2) is 0 Å². The minimum absolute atomic E-state index is 0.0519. The second-order valence-corrected chi connectivity index (χ2v) is 6.90. The lowest BCUT2D eigenvalue weighted by molar-refractivity contribution is -0.114. The van der Waals surface area contributed by atoms with Crippen molar-refractivity contribution in [2.75, 3.05) is 24.5 Å². The summed E-state index contributed by atoms with van der Waals surface area (Å²) in [5, 5.41) is 2.85. The van der Waals surface area contributed by atoms with Crippen LogP contribution in [-0.2, 0) is 11.2 Å². The number of amides is 2. The van der Waals surface area contributed by atoms with E-state index in [0.717, 1.165) is 34.6 Å². The zero-order valence-electron chi connectivity index (χ0n) is 16.4. The summed E-state index contributed by atoms with van der Waals surface area (Å²) < 4.78 is 0. The van der Waals surface area contributed by atoms with Crippen molar-refractivity contribution in [3.63, 3.8) is 0 Å². The lowest BCUT2D eigenvalue weighted by atomic mass is 10.1. The molecule has 0 spiro atoms. The van der Waals surface area contributed by atoms with Crippen molar-refractivity contribution < 1.29 is 9.59 Å². The number of rotatable bonds is 6. The maximum Gasteiger partial charge on any atom is 0.253 e. The molecule has 2 amide bonds. The molecule has 4 rings (SSSR count). The van der Waals surface area contributed by atoms with Crippen molar-refractivity contribution >= 4 is 17.6 Å². The number of aromatic nitrogens is 3. The number of pyridine rings is 2. The number of hydrogen-bond donors (Lipinski definition) is 3. The predicted molar refractivity (Wildman–Crippen MR) is 115 cm³/mol. The molecule has 0 atom stereocenters. The van der Waals surface area contributed by atoms with Gasteiger partial charge in [0, 0.05) is 61.0 Å². The fraction of sp³-hybridized carbons (Fsp3) is 0.182. The fourth-order valence-electron chi connectivity index (χ4n) is 3.48. The maximum atomic E-state index is 12.0.